The van der Waals surface area contributed by atoms with Gasteiger partial charge in [0.2, 0.25) is 0 Å². The third kappa shape index (κ3) is 5.35. The number of carbonyl (C=O) groups excluding carboxylic acids is 1. The molecule has 0 spiro atoms. The van der Waals surface area contributed by atoms with E-state index in [1.165, 1.54) is 7.11 Å². The number of rotatable bonds is 7. The van der Waals surface area contributed by atoms with Gasteiger partial charge in [-0.25, -0.2) is 9.48 Å². The van der Waals surface area contributed by atoms with Crippen molar-refractivity contribution in [3.05, 3.63) is 52.8 Å². The maximum atomic E-state index is 12.1. The normalized spacial score (nSPS) is 10.5. The van der Waals surface area contributed by atoms with Crippen molar-refractivity contribution in [1.82, 2.24) is 25.3 Å². The number of ether oxygens (including phenoxy) is 1. The van der Waals surface area contributed by atoms with Gasteiger partial charge in [-0.2, -0.15) is 5.10 Å². The van der Waals surface area contributed by atoms with Crippen LogP contribution in [0.2, 0.25) is 5.02 Å². The number of aromatic nitrogens is 4. The summed E-state index contributed by atoms with van der Waals surface area (Å²) < 4.78 is 6.94. The Balaban J connectivity index is 1.46. The molecule has 152 valence electrons. The monoisotopic (exact) mass is 415 g/mol. The van der Waals surface area contributed by atoms with Crippen LogP contribution in [-0.2, 0) is 0 Å². The van der Waals surface area contributed by atoms with Crippen molar-refractivity contribution < 1.29 is 9.53 Å². The number of halogens is 1. The fourth-order valence-electron chi connectivity index (χ4n) is 2.70. The first-order valence-electron chi connectivity index (χ1n) is 8.96. The van der Waals surface area contributed by atoms with E-state index in [-0.39, 0.29) is 6.03 Å². The van der Waals surface area contributed by atoms with Crippen molar-refractivity contribution in [2.75, 3.05) is 30.8 Å². The second kappa shape index (κ2) is 9.24. The minimum atomic E-state index is -0.363. The summed E-state index contributed by atoms with van der Waals surface area (Å²) in [6, 6.07) is 10.3. The minimum absolute atomic E-state index is 0.363. The number of hydrogen-bond acceptors (Lipinski definition) is 6. The van der Waals surface area contributed by atoms with E-state index in [2.05, 4.69) is 31.2 Å². The quantitative estimate of drug-likeness (QED) is 0.512. The van der Waals surface area contributed by atoms with Crippen LogP contribution in [0.3, 0.4) is 0 Å². The summed E-state index contributed by atoms with van der Waals surface area (Å²) in [4.78, 5) is 12.1. The van der Waals surface area contributed by atoms with Gasteiger partial charge in [-0.15, -0.1) is 10.2 Å². The standard InChI is InChI=1S/C19H22ClN7O2/c1-12-10-13(2)27(26-12)18-7-6-17(24-25-18)21-8-9-22-19(28)23-15-11-14(20)4-5-16(15)29-3/h4-7,10-11H,8-9H2,1-3H3,(H,21,24)(H2,22,23,28). The van der Waals surface area contributed by atoms with Crippen LogP contribution in [0.25, 0.3) is 5.82 Å². The van der Waals surface area contributed by atoms with Gasteiger partial charge >= 0.3 is 6.03 Å². The first-order valence-corrected chi connectivity index (χ1v) is 9.33. The molecule has 0 aliphatic heterocycles. The zero-order chi connectivity index (χ0) is 20.8. The van der Waals surface area contributed by atoms with E-state index in [9.17, 15) is 4.79 Å². The number of nitrogens with zero attached hydrogens (tertiary/aromatic N) is 4. The molecule has 0 aliphatic carbocycles. The van der Waals surface area contributed by atoms with Crippen molar-refractivity contribution >= 4 is 29.1 Å². The van der Waals surface area contributed by atoms with Gasteiger partial charge in [-0.3, -0.25) is 0 Å². The maximum absolute atomic E-state index is 12.1. The second-order valence-corrected chi connectivity index (χ2v) is 6.70. The molecule has 0 saturated carbocycles. The fraction of sp³-hybridized carbons (Fsp3) is 0.263. The van der Waals surface area contributed by atoms with Gasteiger partial charge in [-0.05, 0) is 50.2 Å². The van der Waals surface area contributed by atoms with Gasteiger partial charge in [-0.1, -0.05) is 11.6 Å². The number of nitrogens with one attached hydrogen (secondary N) is 3. The first kappa shape index (κ1) is 20.4. The predicted molar refractivity (Wildman–Crippen MR) is 112 cm³/mol. The highest BCUT2D eigenvalue weighted by atomic mass is 35.5. The van der Waals surface area contributed by atoms with Crippen molar-refractivity contribution in [2.24, 2.45) is 0 Å². The summed E-state index contributed by atoms with van der Waals surface area (Å²) in [6.45, 7) is 4.76. The van der Waals surface area contributed by atoms with Crippen molar-refractivity contribution in [2.45, 2.75) is 13.8 Å². The molecule has 0 atom stereocenters. The predicted octanol–water partition coefficient (Wildman–Crippen LogP) is 3.17. The van der Waals surface area contributed by atoms with Gasteiger partial charge in [0.25, 0.3) is 0 Å². The molecular weight excluding hydrogens is 394 g/mol. The minimum Gasteiger partial charge on any atom is -0.495 e. The van der Waals surface area contributed by atoms with Gasteiger partial charge in [0.05, 0.1) is 18.5 Å². The lowest BCUT2D eigenvalue weighted by atomic mass is 10.3. The third-order valence-corrected chi connectivity index (χ3v) is 4.24. The Morgan fingerprint density at radius 3 is 2.62 bits per heavy atom. The summed E-state index contributed by atoms with van der Waals surface area (Å²) in [5.74, 6) is 1.78. The van der Waals surface area contributed by atoms with Crippen LogP contribution in [-0.4, -0.2) is 46.2 Å². The smallest absolute Gasteiger partial charge is 0.319 e. The Hall–Kier alpha value is -3.33. The summed E-state index contributed by atoms with van der Waals surface area (Å²) in [5.41, 5.74) is 2.41. The SMILES string of the molecule is COc1ccc(Cl)cc1NC(=O)NCCNc1ccc(-n2nc(C)cc2C)nn1. The van der Waals surface area contributed by atoms with Crippen LogP contribution < -0.4 is 20.7 Å². The van der Waals surface area contributed by atoms with Crippen molar-refractivity contribution in [1.29, 1.82) is 0 Å². The number of amides is 2. The molecule has 10 heteroatoms. The molecular formula is C19H22ClN7O2. The highest BCUT2D eigenvalue weighted by Crippen LogP contribution is 2.27. The zero-order valence-corrected chi connectivity index (χ0v) is 17.1. The van der Waals surface area contributed by atoms with Gasteiger partial charge in [0.1, 0.15) is 11.6 Å². The topological polar surface area (TPSA) is 106 Å². The number of aryl methyl sites for hydroxylation is 2. The summed E-state index contributed by atoms with van der Waals surface area (Å²) >= 11 is 5.96. The van der Waals surface area contributed by atoms with E-state index < -0.39 is 0 Å². The van der Waals surface area contributed by atoms with Crippen LogP contribution in [0.1, 0.15) is 11.4 Å². The van der Waals surface area contributed by atoms with E-state index in [1.54, 1.807) is 22.9 Å². The Labute approximate surface area is 173 Å². The van der Waals surface area contributed by atoms with Crippen LogP contribution in [0, 0.1) is 13.8 Å². The Bertz CT molecular complexity index is 989. The molecule has 0 aliphatic rings. The number of carbonyl (C=O) groups is 1. The molecule has 3 N–H and O–H groups in total. The molecule has 0 bridgehead atoms. The molecule has 0 unspecified atom stereocenters. The molecule has 3 rings (SSSR count). The number of urea groups is 1. The summed E-state index contributed by atoms with van der Waals surface area (Å²) in [6.07, 6.45) is 0. The third-order valence-electron chi connectivity index (χ3n) is 4.00. The second-order valence-electron chi connectivity index (χ2n) is 6.27. The van der Waals surface area contributed by atoms with E-state index in [0.717, 1.165) is 11.4 Å². The fourth-order valence-corrected chi connectivity index (χ4v) is 2.88. The molecule has 3 aromatic rings. The molecule has 0 fully saturated rings. The largest absolute Gasteiger partial charge is 0.495 e. The molecule has 2 heterocycles. The Morgan fingerprint density at radius 1 is 1.14 bits per heavy atom. The molecule has 29 heavy (non-hydrogen) atoms. The van der Waals surface area contributed by atoms with Crippen molar-refractivity contribution in [3.8, 4) is 11.6 Å². The lowest BCUT2D eigenvalue weighted by molar-refractivity contribution is 0.252. The van der Waals surface area contributed by atoms with Crippen molar-refractivity contribution in [3.63, 3.8) is 0 Å². The summed E-state index contributed by atoms with van der Waals surface area (Å²) in [5, 5.41) is 21.8. The lowest BCUT2D eigenvalue weighted by Gasteiger charge is -2.12. The molecule has 0 radical (unpaired) electrons. The molecule has 2 amide bonds. The zero-order valence-electron chi connectivity index (χ0n) is 16.4. The van der Waals surface area contributed by atoms with Crippen LogP contribution >= 0.6 is 11.6 Å². The Kier molecular flexibility index (Phi) is 6.50. The molecule has 9 nitrogen and oxygen atoms in total. The van der Waals surface area contributed by atoms with Gasteiger partial charge < -0.3 is 20.7 Å². The van der Waals surface area contributed by atoms with E-state index in [4.69, 9.17) is 16.3 Å². The highest BCUT2D eigenvalue weighted by molar-refractivity contribution is 6.31. The maximum Gasteiger partial charge on any atom is 0.319 e. The van der Waals surface area contributed by atoms with E-state index in [0.29, 0.717) is 41.2 Å². The van der Waals surface area contributed by atoms with Crippen LogP contribution in [0.4, 0.5) is 16.3 Å². The average molecular weight is 416 g/mol. The molecule has 2 aromatic heterocycles. The van der Waals surface area contributed by atoms with Gasteiger partial charge in [0.15, 0.2) is 5.82 Å². The average Bonchev–Trinajstić information content (AvgIpc) is 3.04. The number of anilines is 2. The van der Waals surface area contributed by atoms with Crippen LogP contribution in [0.5, 0.6) is 5.75 Å². The van der Waals surface area contributed by atoms with E-state index >= 15 is 0 Å². The number of benzene rings is 1. The van der Waals surface area contributed by atoms with E-state index in [1.807, 2.05) is 32.0 Å². The summed E-state index contributed by atoms with van der Waals surface area (Å²) in [7, 11) is 1.53. The van der Waals surface area contributed by atoms with Gasteiger partial charge in [0, 0.05) is 23.8 Å². The number of methoxy groups -OCH3 is 1. The highest BCUT2D eigenvalue weighted by Gasteiger charge is 2.08. The van der Waals surface area contributed by atoms with Crippen LogP contribution in [0.15, 0.2) is 36.4 Å². The molecule has 1 aromatic carbocycles. The Morgan fingerprint density at radius 2 is 1.97 bits per heavy atom. The first-order chi connectivity index (χ1) is 14.0. The molecule has 0 saturated heterocycles. The number of hydrogen-bond donors (Lipinski definition) is 3. The lowest BCUT2D eigenvalue weighted by Crippen LogP contribution is -2.32.